The van der Waals surface area contributed by atoms with Crippen molar-refractivity contribution < 1.29 is 18.0 Å². The average molecular weight is 413 g/mol. The number of hydrogen-bond acceptors (Lipinski definition) is 2. The van der Waals surface area contributed by atoms with Gasteiger partial charge in [0.2, 0.25) is 0 Å². The van der Waals surface area contributed by atoms with Gasteiger partial charge in [0.05, 0.1) is 10.6 Å². The molecule has 3 rings (SSSR count). The van der Waals surface area contributed by atoms with E-state index in [9.17, 15) is 22.8 Å². The van der Waals surface area contributed by atoms with E-state index in [1.165, 1.54) is 6.07 Å². The van der Waals surface area contributed by atoms with E-state index in [4.69, 9.17) is 11.6 Å². The van der Waals surface area contributed by atoms with Gasteiger partial charge < -0.3 is 10.3 Å². The van der Waals surface area contributed by atoms with Gasteiger partial charge in [0.15, 0.2) is 0 Å². The normalized spacial score (nSPS) is 16.5. The highest BCUT2D eigenvalue weighted by Gasteiger charge is 2.33. The van der Waals surface area contributed by atoms with E-state index in [1.807, 2.05) is 0 Å². The lowest BCUT2D eigenvalue weighted by atomic mass is 9.84. The van der Waals surface area contributed by atoms with Gasteiger partial charge in [0, 0.05) is 12.2 Å². The Labute approximate surface area is 165 Å². The van der Waals surface area contributed by atoms with E-state index >= 15 is 0 Å². The van der Waals surface area contributed by atoms with E-state index in [0.717, 1.165) is 49.1 Å². The number of H-pyrrole nitrogens is 1. The first-order valence-electron chi connectivity index (χ1n) is 9.08. The molecule has 0 fully saturated rings. The average Bonchev–Trinajstić information content (AvgIpc) is 2.65. The van der Waals surface area contributed by atoms with Crippen molar-refractivity contribution in [1.29, 1.82) is 0 Å². The Morgan fingerprint density at radius 3 is 2.75 bits per heavy atom. The van der Waals surface area contributed by atoms with Crippen LogP contribution in [0.3, 0.4) is 0 Å². The van der Waals surface area contributed by atoms with E-state index in [2.05, 4.69) is 17.2 Å². The number of halogens is 4. The number of carbonyl (C=O) groups excluding carboxylic acids is 1. The maximum absolute atomic E-state index is 12.9. The number of aryl methyl sites for hydroxylation is 1. The fourth-order valence-electron chi connectivity index (χ4n) is 3.47. The molecule has 2 N–H and O–H groups in total. The van der Waals surface area contributed by atoms with Crippen LogP contribution in [-0.4, -0.2) is 10.9 Å². The van der Waals surface area contributed by atoms with E-state index in [0.29, 0.717) is 5.92 Å². The summed E-state index contributed by atoms with van der Waals surface area (Å²) in [4.78, 5) is 27.5. The van der Waals surface area contributed by atoms with E-state index < -0.39 is 28.2 Å². The van der Waals surface area contributed by atoms with Crippen LogP contribution in [0.5, 0.6) is 0 Å². The first-order chi connectivity index (χ1) is 13.2. The molecule has 8 heteroatoms. The van der Waals surface area contributed by atoms with Crippen LogP contribution in [0.15, 0.2) is 29.1 Å². The minimum Gasteiger partial charge on any atom is -0.348 e. The number of alkyl halides is 3. The summed E-state index contributed by atoms with van der Waals surface area (Å²) >= 11 is 5.60. The van der Waals surface area contributed by atoms with Gasteiger partial charge in [0.1, 0.15) is 5.56 Å². The second-order valence-electron chi connectivity index (χ2n) is 7.03. The fourth-order valence-corrected chi connectivity index (χ4v) is 3.70. The third-order valence-corrected chi connectivity index (χ3v) is 5.47. The lowest BCUT2D eigenvalue weighted by Gasteiger charge is -2.23. The van der Waals surface area contributed by atoms with Crippen molar-refractivity contribution in [1.82, 2.24) is 10.3 Å². The fraction of sp³-hybridized carbons (Fsp3) is 0.400. The molecule has 0 bridgehead atoms. The van der Waals surface area contributed by atoms with Crippen molar-refractivity contribution in [2.45, 2.75) is 45.3 Å². The number of nitrogens with one attached hydrogen (secondary N) is 2. The SMILES string of the molecule is CCC1CCc2[nH]c(=O)c(C(=O)NCc3ccc(Cl)c(C(F)(F)F)c3)cc2C1. The van der Waals surface area contributed by atoms with Crippen molar-refractivity contribution in [3.8, 4) is 0 Å². The van der Waals surface area contributed by atoms with Crippen LogP contribution in [0.25, 0.3) is 0 Å². The van der Waals surface area contributed by atoms with Gasteiger partial charge >= 0.3 is 6.18 Å². The van der Waals surface area contributed by atoms with Gasteiger partial charge in [-0.15, -0.1) is 0 Å². The Hall–Kier alpha value is -2.28. The van der Waals surface area contributed by atoms with Crippen molar-refractivity contribution in [3.63, 3.8) is 0 Å². The molecule has 1 atom stereocenters. The zero-order valence-corrected chi connectivity index (χ0v) is 16.0. The van der Waals surface area contributed by atoms with Crippen molar-refractivity contribution >= 4 is 17.5 Å². The summed E-state index contributed by atoms with van der Waals surface area (Å²) in [5.74, 6) is -0.102. The molecule has 150 valence electrons. The topological polar surface area (TPSA) is 62.0 Å². The Bertz CT molecular complexity index is 953. The summed E-state index contributed by atoms with van der Waals surface area (Å²) in [5.41, 5.74) is 0.579. The standard InChI is InChI=1S/C20H20ClF3N2O2/c1-2-11-4-6-17-13(7-11)9-14(19(28)26-17)18(27)25-10-12-3-5-16(21)15(8-12)20(22,23)24/h3,5,8-9,11H,2,4,6-7,10H2,1H3,(H,25,27)(H,26,28). The summed E-state index contributed by atoms with van der Waals surface area (Å²) in [6.45, 7) is 1.96. The predicted octanol–water partition coefficient (Wildman–Crippen LogP) is 4.49. The number of benzene rings is 1. The molecule has 4 nitrogen and oxygen atoms in total. The number of aromatic nitrogens is 1. The Morgan fingerprint density at radius 1 is 1.32 bits per heavy atom. The molecule has 0 saturated carbocycles. The molecule has 1 heterocycles. The maximum Gasteiger partial charge on any atom is 0.417 e. The molecule has 1 aliphatic rings. The largest absolute Gasteiger partial charge is 0.417 e. The van der Waals surface area contributed by atoms with Crippen LogP contribution < -0.4 is 10.9 Å². The molecular weight excluding hydrogens is 393 g/mol. The molecule has 0 saturated heterocycles. The van der Waals surface area contributed by atoms with Crippen LogP contribution in [0, 0.1) is 5.92 Å². The second kappa shape index (κ2) is 7.99. The molecule has 28 heavy (non-hydrogen) atoms. The van der Waals surface area contributed by atoms with Gasteiger partial charge in [-0.05, 0) is 54.5 Å². The third-order valence-electron chi connectivity index (χ3n) is 5.14. The molecule has 1 aromatic carbocycles. The highest BCUT2D eigenvalue weighted by Crippen LogP contribution is 2.35. The Morgan fingerprint density at radius 2 is 2.07 bits per heavy atom. The van der Waals surface area contributed by atoms with Crippen molar-refractivity contribution in [2.24, 2.45) is 5.92 Å². The van der Waals surface area contributed by atoms with Gasteiger partial charge in [-0.25, -0.2) is 0 Å². The van der Waals surface area contributed by atoms with Crippen molar-refractivity contribution in [3.05, 3.63) is 67.6 Å². The lowest BCUT2D eigenvalue weighted by Crippen LogP contribution is -2.31. The van der Waals surface area contributed by atoms with Gasteiger partial charge in [-0.3, -0.25) is 9.59 Å². The third kappa shape index (κ3) is 4.41. The van der Waals surface area contributed by atoms with Crippen LogP contribution in [-0.2, 0) is 25.6 Å². The number of carbonyl (C=O) groups is 1. The Balaban J connectivity index is 1.77. The summed E-state index contributed by atoms with van der Waals surface area (Å²) < 4.78 is 38.8. The highest BCUT2D eigenvalue weighted by atomic mass is 35.5. The zero-order valence-electron chi connectivity index (χ0n) is 15.3. The number of amides is 1. The first kappa shape index (κ1) is 20.5. The van der Waals surface area contributed by atoms with Crippen LogP contribution in [0.1, 0.15) is 52.5 Å². The summed E-state index contributed by atoms with van der Waals surface area (Å²) in [5, 5.41) is 2.11. The molecule has 0 spiro atoms. The molecular formula is C20H20ClF3N2O2. The summed E-state index contributed by atoms with van der Waals surface area (Å²) in [7, 11) is 0. The van der Waals surface area contributed by atoms with Crippen LogP contribution in [0.2, 0.25) is 5.02 Å². The summed E-state index contributed by atoms with van der Waals surface area (Å²) in [6, 6.07) is 5.04. The number of aromatic amines is 1. The number of fused-ring (bicyclic) bond motifs is 1. The quantitative estimate of drug-likeness (QED) is 0.777. The smallest absolute Gasteiger partial charge is 0.348 e. The zero-order chi connectivity index (χ0) is 20.5. The van der Waals surface area contributed by atoms with Gasteiger partial charge in [0.25, 0.3) is 11.5 Å². The maximum atomic E-state index is 12.9. The molecule has 0 radical (unpaired) electrons. The molecule has 1 unspecified atom stereocenters. The lowest BCUT2D eigenvalue weighted by molar-refractivity contribution is -0.137. The van der Waals surface area contributed by atoms with Gasteiger partial charge in [-0.1, -0.05) is 31.0 Å². The molecule has 1 aromatic heterocycles. The van der Waals surface area contributed by atoms with E-state index in [-0.39, 0.29) is 17.7 Å². The van der Waals surface area contributed by atoms with Crippen molar-refractivity contribution in [2.75, 3.05) is 0 Å². The van der Waals surface area contributed by atoms with Crippen LogP contribution >= 0.6 is 11.6 Å². The number of rotatable bonds is 4. The van der Waals surface area contributed by atoms with Gasteiger partial charge in [-0.2, -0.15) is 13.2 Å². The minimum atomic E-state index is -4.58. The number of pyridine rings is 1. The van der Waals surface area contributed by atoms with E-state index in [1.54, 1.807) is 6.07 Å². The number of hydrogen-bond donors (Lipinski definition) is 2. The molecule has 2 aromatic rings. The first-order valence-corrected chi connectivity index (χ1v) is 9.45. The molecule has 1 amide bonds. The molecule has 0 aliphatic heterocycles. The second-order valence-corrected chi connectivity index (χ2v) is 7.43. The predicted molar refractivity (Wildman–Crippen MR) is 100 cm³/mol. The highest BCUT2D eigenvalue weighted by molar-refractivity contribution is 6.31. The summed E-state index contributed by atoms with van der Waals surface area (Å²) in [6.07, 6.45) is -0.977. The van der Waals surface area contributed by atoms with Crippen LogP contribution in [0.4, 0.5) is 13.2 Å². The minimum absolute atomic E-state index is 0.0273. The Kier molecular flexibility index (Phi) is 5.84. The monoisotopic (exact) mass is 412 g/mol. The molecule has 1 aliphatic carbocycles.